The van der Waals surface area contributed by atoms with Crippen molar-refractivity contribution < 1.29 is 4.42 Å². The van der Waals surface area contributed by atoms with Gasteiger partial charge in [-0.2, -0.15) is 0 Å². The van der Waals surface area contributed by atoms with Gasteiger partial charge in [-0.25, -0.2) is 0 Å². The molecular formula is C27H17NO. The highest BCUT2D eigenvalue weighted by molar-refractivity contribution is 6.20. The lowest BCUT2D eigenvalue weighted by molar-refractivity contribution is 0.669. The molecule has 6 rings (SSSR count). The van der Waals surface area contributed by atoms with Crippen LogP contribution in [0.2, 0.25) is 0 Å². The SMILES string of the molecule is c1ccc(-c2cccc(-c3cccc4c3ccc3oc5ccccc5c34)c2)nc1. The maximum atomic E-state index is 6.07. The van der Waals surface area contributed by atoms with Crippen molar-refractivity contribution in [1.29, 1.82) is 0 Å². The zero-order valence-corrected chi connectivity index (χ0v) is 15.7. The van der Waals surface area contributed by atoms with E-state index >= 15 is 0 Å². The Hall–Kier alpha value is -3.91. The van der Waals surface area contributed by atoms with E-state index in [1.807, 2.05) is 36.5 Å². The number of aromatic nitrogens is 1. The van der Waals surface area contributed by atoms with Gasteiger partial charge < -0.3 is 4.42 Å². The first kappa shape index (κ1) is 16.1. The van der Waals surface area contributed by atoms with Gasteiger partial charge in [0.1, 0.15) is 11.2 Å². The number of nitrogens with zero attached hydrogens (tertiary/aromatic N) is 1. The normalized spacial score (nSPS) is 11.4. The first-order valence-corrected chi connectivity index (χ1v) is 9.73. The monoisotopic (exact) mass is 371 g/mol. The fourth-order valence-corrected chi connectivity index (χ4v) is 4.21. The van der Waals surface area contributed by atoms with E-state index in [2.05, 4.69) is 71.7 Å². The maximum Gasteiger partial charge on any atom is 0.136 e. The van der Waals surface area contributed by atoms with Crippen molar-refractivity contribution >= 4 is 32.7 Å². The Labute approximate surface area is 168 Å². The molecule has 6 aromatic rings. The third-order valence-electron chi connectivity index (χ3n) is 5.53. The molecular weight excluding hydrogens is 354 g/mol. The topological polar surface area (TPSA) is 26.0 Å². The van der Waals surface area contributed by atoms with Crippen LogP contribution < -0.4 is 0 Å². The minimum atomic E-state index is 0.928. The lowest BCUT2D eigenvalue weighted by Gasteiger charge is -2.10. The van der Waals surface area contributed by atoms with Crippen LogP contribution in [0.4, 0.5) is 0 Å². The zero-order chi connectivity index (χ0) is 19.2. The first-order valence-electron chi connectivity index (χ1n) is 9.73. The van der Waals surface area contributed by atoms with Gasteiger partial charge in [-0.1, -0.05) is 66.7 Å². The van der Waals surface area contributed by atoms with Crippen molar-refractivity contribution in [3.8, 4) is 22.4 Å². The summed E-state index contributed by atoms with van der Waals surface area (Å²) in [6.45, 7) is 0. The maximum absolute atomic E-state index is 6.07. The molecule has 2 aromatic heterocycles. The molecule has 0 fully saturated rings. The molecule has 0 aliphatic rings. The number of para-hydroxylation sites is 1. The minimum Gasteiger partial charge on any atom is -0.456 e. The summed E-state index contributed by atoms with van der Waals surface area (Å²) < 4.78 is 6.07. The van der Waals surface area contributed by atoms with E-state index in [4.69, 9.17) is 4.42 Å². The predicted octanol–water partition coefficient (Wildman–Crippen LogP) is 7.47. The van der Waals surface area contributed by atoms with E-state index < -0.39 is 0 Å². The fourth-order valence-electron chi connectivity index (χ4n) is 4.21. The van der Waals surface area contributed by atoms with Crippen molar-refractivity contribution in [3.05, 3.63) is 103 Å². The van der Waals surface area contributed by atoms with Gasteiger partial charge in [0.25, 0.3) is 0 Å². The lowest BCUT2D eigenvalue weighted by Crippen LogP contribution is -1.85. The molecule has 2 nitrogen and oxygen atoms in total. The first-order chi connectivity index (χ1) is 14.4. The van der Waals surface area contributed by atoms with Gasteiger partial charge in [-0.15, -0.1) is 0 Å². The molecule has 0 spiro atoms. The van der Waals surface area contributed by atoms with E-state index in [0.29, 0.717) is 0 Å². The Morgan fingerprint density at radius 1 is 0.552 bits per heavy atom. The minimum absolute atomic E-state index is 0.928. The Kier molecular flexibility index (Phi) is 3.50. The van der Waals surface area contributed by atoms with Crippen LogP contribution in [-0.2, 0) is 0 Å². The van der Waals surface area contributed by atoms with E-state index in [9.17, 15) is 0 Å². The van der Waals surface area contributed by atoms with Crippen molar-refractivity contribution in [2.75, 3.05) is 0 Å². The molecule has 29 heavy (non-hydrogen) atoms. The molecule has 0 unspecified atom stereocenters. The molecule has 0 radical (unpaired) electrons. The Balaban J connectivity index is 1.62. The van der Waals surface area contributed by atoms with Crippen LogP contribution in [0, 0.1) is 0 Å². The second kappa shape index (κ2) is 6.32. The third kappa shape index (κ3) is 2.54. The summed E-state index contributed by atoms with van der Waals surface area (Å²) in [5, 5.41) is 4.78. The van der Waals surface area contributed by atoms with E-state index in [0.717, 1.165) is 27.8 Å². The standard InChI is InChI=1S/C27H17NO/c1-2-13-25-23(9-1)27-22-11-6-10-20(21(22)14-15-26(27)29-25)18-7-5-8-19(17-18)24-12-3-4-16-28-24/h1-17H. The number of fused-ring (bicyclic) bond motifs is 5. The Morgan fingerprint density at radius 2 is 1.38 bits per heavy atom. The van der Waals surface area contributed by atoms with E-state index in [1.165, 1.54) is 27.3 Å². The van der Waals surface area contributed by atoms with Crippen LogP contribution in [0.5, 0.6) is 0 Å². The summed E-state index contributed by atoms with van der Waals surface area (Å²) in [6, 6.07) is 33.6. The fraction of sp³-hybridized carbons (Fsp3) is 0. The summed E-state index contributed by atoms with van der Waals surface area (Å²) in [7, 11) is 0. The number of rotatable bonds is 2. The molecule has 0 amide bonds. The van der Waals surface area contributed by atoms with Gasteiger partial charge in [0.15, 0.2) is 0 Å². The van der Waals surface area contributed by atoms with E-state index in [-0.39, 0.29) is 0 Å². The average molecular weight is 371 g/mol. The molecule has 0 saturated carbocycles. The summed E-state index contributed by atoms with van der Waals surface area (Å²) in [6.07, 6.45) is 1.83. The molecule has 0 N–H and O–H groups in total. The van der Waals surface area contributed by atoms with E-state index in [1.54, 1.807) is 0 Å². The quantitative estimate of drug-likeness (QED) is 0.315. The molecule has 0 aliphatic heterocycles. The van der Waals surface area contributed by atoms with Crippen LogP contribution >= 0.6 is 0 Å². The van der Waals surface area contributed by atoms with Crippen molar-refractivity contribution in [2.45, 2.75) is 0 Å². The van der Waals surface area contributed by atoms with Crippen LogP contribution in [-0.4, -0.2) is 4.98 Å². The molecule has 0 atom stereocenters. The van der Waals surface area contributed by atoms with Crippen molar-refractivity contribution in [3.63, 3.8) is 0 Å². The van der Waals surface area contributed by atoms with Crippen LogP contribution in [0.15, 0.2) is 108 Å². The van der Waals surface area contributed by atoms with Gasteiger partial charge >= 0.3 is 0 Å². The predicted molar refractivity (Wildman–Crippen MR) is 120 cm³/mol. The lowest BCUT2D eigenvalue weighted by atomic mass is 9.94. The highest BCUT2D eigenvalue weighted by Crippen LogP contribution is 2.38. The summed E-state index contributed by atoms with van der Waals surface area (Å²) in [5.41, 5.74) is 6.36. The van der Waals surface area contributed by atoms with Crippen LogP contribution in [0.25, 0.3) is 55.1 Å². The number of benzene rings is 4. The second-order valence-corrected chi connectivity index (χ2v) is 7.23. The number of hydrogen-bond donors (Lipinski definition) is 0. The van der Waals surface area contributed by atoms with Gasteiger partial charge in [-0.3, -0.25) is 4.98 Å². The van der Waals surface area contributed by atoms with Crippen LogP contribution in [0.1, 0.15) is 0 Å². The van der Waals surface area contributed by atoms with Gasteiger partial charge in [-0.05, 0) is 52.2 Å². The van der Waals surface area contributed by atoms with Crippen molar-refractivity contribution in [1.82, 2.24) is 4.98 Å². The average Bonchev–Trinajstić information content (AvgIpc) is 3.18. The summed E-state index contributed by atoms with van der Waals surface area (Å²) in [5.74, 6) is 0. The Bertz CT molecular complexity index is 1500. The Morgan fingerprint density at radius 3 is 2.31 bits per heavy atom. The highest BCUT2D eigenvalue weighted by Gasteiger charge is 2.13. The smallest absolute Gasteiger partial charge is 0.136 e. The number of hydrogen-bond acceptors (Lipinski definition) is 2. The summed E-state index contributed by atoms with van der Waals surface area (Å²) >= 11 is 0. The van der Waals surface area contributed by atoms with Gasteiger partial charge in [0.05, 0.1) is 5.69 Å². The third-order valence-corrected chi connectivity index (χ3v) is 5.53. The summed E-state index contributed by atoms with van der Waals surface area (Å²) in [4.78, 5) is 4.50. The number of furan rings is 1. The molecule has 0 saturated heterocycles. The van der Waals surface area contributed by atoms with Crippen molar-refractivity contribution in [2.24, 2.45) is 0 Å². The second-order valence-electron chi connectivity index (χ2n) is 7.23. The van der Waals surface area contributed by atoms with Crippen LogP contribution in [0.3, 0.4) is 0 Å². The number of pyridine rings is 1. The molecule has 2 heteroatoms. The highest BCUT2D eigenvalue weighted by atomic mass is 16.3. The zero-order valence-electron chi connectivity index (χ0n) is 15.7. The molecule has 0 bridgehead atoms. The molecule has 2 heterocycles. The largest absolute Gasteiger partial charge is 0.456 e. The van der Waals surface area contributed by atoms with Gasteiger partial charge in [0.2, 0.25) is 0 Å². The van der Waals surface area contributed by atoms with Gasteiger partial charge in [0, 0.05) is 22.5 Å². The molecule has 4 aromatic carbocycles. The molecule has 0 aliphatic carbocycles. The molecule has 136 valence electrons.